The van der Waals surface area contributed by atoms with Crippen LogP contribution in [0.4, 0.5) is 5.13 Å². The topological polar surface area (TPSA) is 71.1 Å². The summed E-state index contributed by atoms with van der Waals surface area (Å²) in [6.07, 6.45) is 3.44. The number of hydrogen-bond donors (Lipinski definition) is 2. The first kappa shape index (κ1) is 21.0. The van der Waals surface area contributed by atoms with E-state index < -0.39 is 0 Å². The highest BCUT2D eigenvalue weighted by Gasteiger charge is 2.09. The predicted octanol–water partition coefficient (Wildman–Crippen LogP) is 4.85. The molecule has 0 aliphatic carbocycles. The van der Waals surface area contributed by atoms with Gasteiger partial charge >= 0.3 is 0 Å². The minimum atomic E-state index is -0.00668. The van der Waals surface area contributed by atoms with Gasteiger partial charge in [-0.15, -0.1) is 0 Å². The lowest BCUT2D eigenvalue weighted by molar-refractivity contribution is -0.121. The number of carbonyl (C=O) groups excluding carboxylic acids is 2. The first-order chi connectivity index (χ1) is 14.1. The molecule has 0 spiro atoms. The summed E-state index contributed by atoms with van der Waals surface area (Å²) in [4.78, 5) is 28.4. The summed E-state index contributed by atoms with van der Waals surface area (Å²) >= 11 is 1.47. The van der Waals surface area contributed by atoms with Crippen molar-refractivity contribution in [1.82, 2.24) is 10.3 Å². The molecular weight excluding hydrogens is 382 g/mol. The molecule has 0 fully saturated rings. The van der Waals surface area contributed by atoms with Crippen LogP contribution < -0.4 is 10.6 Å². The van der Waals surface area contributed by atoms with Crippen LogP contribution in [-0.4, -0.2) is 16.8 Å². The first-order valence-electron chi connectivity index (χ1n) is 10.1. The van der Waals surface area contributed by atoms with E-state index in [2.05, 4.69) is 52.9 Å². The van der Waals surface area contributed by atoms with Gasteiger partial charge < -0.3 is 10.6 Å². The molecule has 0 unspecified atom stereocenters. The molecule has 2 amide bonds. The second-order valence-corrected chi connectivity index (χ2v) is 8.10. The van der Waals surface area contributed by atoms with Gasteiger partial charge in [-0.3, -0.25) is 9.59 Å². The SMILES string of the molecule is CCCC(=O)Nc1nc2ccc(CCC(=O)NCc3ccc(CC)cc3)cc2s1. The summed E-state index contributed by atoms with van der Waals surface area (Å²) in [7, 11) is 0. The normalized spacial score (nSPS) is 10.8. The summed E-state index contributed by atoms with van der Waals surface area (Å²) in [6.45, 7) is 4.66. The van der Waals surface area contributed by atoms with E-state index in [9.17, 15) is 9.59 Å². The first-order valence-corrected chi connectivity index (χ1v) is 10.9. The number of rotatable bonds is 9. The van der Waals surface area contributed by atoms with Gasteiger partial charge in [0, 0.05) is 19.4 Å². The summed E-state index contributed by atoms with van der Waals surface area (Å²) in [5.41, 5.74) is 4.37. The molecule has 3 rings (SSSR count). The van der Waals surface area contributed by atoms with E-state index in [1.807, 2.05) is 19.1 Å². The highest BCUT2D eigenvalue weighted by Crippen LogP contribution is 2.27. The maximum absolute atomic E-state index is 12.2. The number of carbonyl (C=O) groups is 2. The molecule has 29 heavy (non-hydrogen) atoms. The number of benzene rings is 2. The van der Waals surface area contributed by atoms with Gasteiger partial charge in [0.15, 0.2) is 5.13 Å². The van der Waals surface area contributed by atoms with Crippen LogP contribution in [0.15, 0.2) is 42.5 Å². The van der Waals surface area contributed by atoms with Crippen LogP contribution in [-0.2, 0) is 29.0 Å². The number of anilines is 1. The van der Waals surface area contributed by atoms with Crippen molar-refractivity contribution in [3.63, 3.8) is 0 Å². The molecule has 0 saturated carbocycles. The van der Waals surface area contributed by atoms with E-state index in [0.717, 1.165) is 34.2 Å². The summed E-state index contributed by atoms with van der Waals surface area (Å²) in [5.74, 6) is 0.0364. The molecule has 0 bridgehead atoms. The molecule has 0 saturated heterocycles. The van der Waals surface area contributed by atoms with Crippen molar-refractivity contribution >= 4 is 38.5 Å². The fourth-order valence-corrected chi connectivity index (χ4v) is 3.97. The van der Waals surface area contributed by atoms with Crippen molar-refractivity contribution in [3.8, 4) is 0 Å². The monoisotopic (exact) mass is 409 g/mol. The molecule has 0 radical (unpaired) electrons. The molecule has 6 heteroatoms. The average molecular weight is 410 g/mol. The summed E-state index contributed by atoms with van der Waals surface area (Å²) < 4.78 is 1.02. The van der Waals surface area contributed by atoms with Crippen LogP contribution in [0.1, 0.15) is 49.8 Å². The minimum Gasteiger partial charge on any atom is -0.352 e. The second-order valence-electron chi connectivity index (χ2n) is 7.07. The maximum Gasteiger partial charge on any atom is 0.226 e. The zero-order valence-electron chi connectivity index (χ0n) is 17.0. The van der Waals surface area contributed by atoms with Gasteiger partial charge in [-0.05, 0) is 48.1 Å². The van der Waals surface area contributed by atoms with Crippen molar-refractivity contribution in [1.29, 1.82) is 0 Å². The Morgan fingerprint density at radius 3 is 2.38 bits per heavy atom. The zero-order chi connectivity index (χ0) is 20.6. The van der Waals surface area contributed by atoms with E-state index >= 15 is 0 Å². The van der Waals surface area contributed by atoms with Crippen molar-refractivity contribution in [2.75, 3.05) is 5.32 Å². The molecule has 0 aliphatic heterocycles. The Bertz CT molecular complexity index is 979. The van der Waals surface area contributed by atoms with Gasteiger partial charge in [-0.25, -0.2) is 4.98 Å². The van der Waals surface area contributed by atoms with Gasteiger partial charge in [-0.1, -0.05) is 55.5 Å². The Morgan fingerprint density at radius 2 is 1.66 bits per heavy atom. The van der Waals surface area contributed by atoms with Crippen molar-refractivity contribution in [2.24, 2.45) is 0 Å². The van der Waals surface area contributed by atoms with E-state index in [1.165, 1.54) is 16.9 Å². The second kappa shape index (κ2) is 10.2. The van der Waals surface area contributed by atoms with Crippen LogP contribution in [0.5, 0.6) is 0 Å². The summed E-state index contributed by atoms with van der Waals surface area (Å²) in [6, 6.07) is 14.3. The average Bonchev–Trinajstić information content (AvgIpc) is 3.12. The Hall–Kier alpha value is -2.73. The molecule has 2 N–H and O–H groups in total. The number of thiazole rings is 1. The minimum absolute atomic E-state index is 0.00668. The molecule has 1 aromatic heterocycles. The number of nitrogens with one attached hydrogen (secondary N) is 2. The van der Waals surface area contributed by atoms with E-state index in [1.54, 1.807) is 0 Å². The Balaban J connectivity index is 1.51. The van der Waals surface area contributed by atoms with Gasteiger partial charge in [0.1, 0.15) is 0 Å². The Kier molecular flexibility index (Phi) is 7.36. The number of amides is 2. The van der Waals surface area contributed by atoms with Crippen LogP contribution in [0.3, 0.4) is 0 Å². The van der Waals surface area contributed by atoms with Crippen molar-refractivity contribution in [3.05, 3.63) is 59.2 Å². The maximum atomic E-state index is 12.2. The van der Waals surface area contributed by atoms with Crippen LogP contribution >= 0.6 is 11.3 Å². The Morgan fingerprint density at radius 1 is 0.931 bits per heavy atom. The van der Waals surface area contributed by atoms with Crippen LogP contribution in [0, 0.1) is 0 Å². The number of aryl methyl sites for hydroxylation is 2. The molecule has 5 nitrogen and oxygen atoms in total. The number of fused-ring (bicyclic) bond motifs is 1. The van der Waals surface area contributed by atoms with E-state index in [0.29, 0.717) is 30.9 Å². The molecule has 1 heterocycles. The van der Waals surface area contributed by atoms with Gasteiger partial charge in [0.2, 0.25) is 11.8 Å². The quantitative estimate of drug-likeness (QED) is 0.531. The smallest absolute Gasteiger partial charge is 0.226 e. The van der Waals surface area contributed by atoms with E-state index in [4.69, 9.17) is 0 Å². The molecule has 152 valence electrons. The number of nitrogens with zero attached hydrogens (tertiary/aromatic N) is 1. The lowest BCUT2D eigenvalue weighted by Crippen LogP contribution is -2.22. The van der Waals surface area contributed by atoms with Crippen molar-refractivity contribution < 1.29 is 9.59 Å². The highest BCUT2D eigenvalue weighted by atomic mass is 32.1. The third-order valence-corrected chi connectivity index (χ3v) is 5.67. The highest BCUT2D eigenvalue weighted by molar-refractivity contribution is 7.22. The standard InChI is InChI=1S/C23H27N3O2S/c1-3-5-22(28)26-23-25-19-12-10-17(14-20(19)29-23)11-13-21(27)24-15-18-8-6-16(4-2)7-9-18/h6-10,12,14H,3-5,11,13,15H2,1-2H3,(H,24,27)(H,25,26,28). The largest absolute Gasteiger partial charge is 0.352 e. The number of hydrogen-bond acceptors (Lipinski definition) is 4. The van der Waals surface area contributed by atoms with Gasteiger partial charge in [0.05, 0.1) is 10.2 Å². The van der Waals surface area contributed by atoms with Crippen molar-refractivity contribution in [2.45, 2.75) is 52.5 Å². The lowest BCUT2D eigenvalue weighted by atomic mass is 10.1. The lowest BCUT2D eigenvalue weighted by Gasteiger charge is -2.06. The zero-order valence-corrected chi connectivity index (χ0v) is 17.8. The molecule has 3 aromatic rings. The fraction of sp³-hybridized carbons (Fsp3) is 0.348. The summed E-state index contributed by atoms with van der Waals surface area (Å²) in [5, 5.41) is 6.46. The predicted molar refractivity (Wildman–Crippen MR) is 119 cm³/mol. The molecular formula is C23H27N3O2S. The number of aromatic nitrogens is 1. The van der Waals surface area contributed by atoms with Crippen LogP contribution in [0.25, 0.3) is 10.2 Å². The van der Waals surface area contributed by atoms with Gasteiger partial charge in [0.25, 0.3) is 0 Å². The molecule has 0 atom stereocenters. The van der Waals surface area contributed by atoms with Gasteiger partial charge in [-0.2, -0.15) is 0 Å². The molecule has 0 aliphatic rings. The fourth-order valence-electron chi connectivity index (χ4n) is 3.03. The van der Waals surface area contributed by atoms with E-state index in [-0.39, 0.29) is 11.8 Å². The third kappa shape index (κ3) is 6.12. The van der Waals surface area contributed by atoms with Crippen LogP contribution in [0.2, 0.25) is 0 Å². The molecule has 2 aromatic carbocycles. The third-order valence-electron chi connectivity index (χ3n) is 4.74. The Labute approximate surface area is 175 Å².